The first kappa shape index (κ1) is 14.7. The summed E-state index contributed by atoms with van der Waals surface area (Å²) in [5.74, 6) is -0.546. The summed E-state index contributed by atoms with van der Waals surface area (Å²) >= 11 is 0. The molecular formula is C19H15NO4. The van der Waals surface area contributed by atoms with Gasteiger partial charge in [0, 0.05) is 11.8 Å². The molecule has 24 heavy (non-hydrogen) atoms. The fourth-order valence-corrected chi connectivity index (χ4v) is 3.19. The van der Waals surface area contributed by atoms with Crippen LogP contribution in [0.25, 0.3) is 11.0 Å². The first-order valence-electron chi connectivity index (χ1n) is 7.73. The highest BCUT2D eigenvalue weighted by molar-refractivity contribution is 5.96. The van der Waals surface area contributed by atoms with E-state index in [2.05, 4.69) is 5.32 Å². The van der Waals surface area contributed by atoms with Gasteiger partial charge in [-0.15, -0.1) is 0 Å². The normalized spacial score (nSPS) is 19.2. The summed E-state index contributed by atoms with van der Waals surface area (Å²) in [7, 11) is 0. The van der Waals surface area contributed by atoms with E-state index in [1.54, 1.807) is 24.3 Å². The van der Waals surface area contributed by atoms with Crippen LogP contribution in [0.3, 0.4) is 0 Å². The number of carbonyl (C=O) groups excluding carboxylic acids is 1. The van der Waals surface area contributed by atoms with Crippen LogP contribution >= 0.6 is 0 Å². The molecule has 0 fully saturated rings. The van der Waals surface area contributed by atoms with E-state index in [4.69, 9.17) is 4.42 Å². The molecule has 2 atom stereocenters. The summed E-state index contributed by atoms with van der Waals surface area (Å²) in [5, 5.41) is 13.7. The first-order valence-corrected chi connectivity index (χ1v) is 7.73. The number of hydrogen-bond acceptors (Lipinski definition) is 4. The molecule has 1 aliphatic carbocycles. The third-order valence-corrected chi connectivity index (χ3v) is 4.38. The Bertz CT molecular complexity index is 992. The number of aliphatic hydroxyl groups excluding tert-OH is 1. The van der Waals surface area contributed by atoms with E-state index in [0.29, 0.717) is 17.4 Å². The Morgan fingerprint density at radius 3 is 2.75 bits per heavy atom. The monoisotopic (exact) mass is 321 g/mol. The largest absolute Gasteiger partial charge is 0.422 e. The third-order valence-electron chi connectivity index (χ3n) is 4.38. The Morgan fingerprint density at radius 1 is 1.12 bits per heavy atom. The van der Waals surface area contributed by atoms with Crippen LogP contribution in [0, 0.1) is 0 Å². The van der Waals surface area contributed by atoms with Crippen LogP contribution in [0.2, 0.25) is 0 Å². The minimum absolute atomic E-state index is 0.0646. The number of aliphatic hydroxyl groups is 1. The summed E-state index contributed by atoms with van der Waals surface area (Å²) in [6.07, 6.45) is -0.230. The molecule has 3 aromatic rings. The van der Waals surface area contributed by atoms with Crippen LogP contribution in [-0.2, 0) is 6.42 Å². The van der Waals surface area contributed by atoms with E-state index in [1.807, 2.05) is 24.3 Å². The number of fused-ring (bicyclic) bond motifs is 2. The first-order chi connectivity index (χ1) is 11.6. The van der Waals surface area contributed by atoms with Gasteiger partial charge in [-0.05, 0) is 23.3 Å². The van der Waals surface area contributed by atoms with E-state index in [9.17, 15) is 14.7 Å². The molecular weight excluding hydrogens is 306 g/mol. The molecule has 120 valence electrons. The van der Waals surface area contributed by atoms with Crippen LogP contribution in [0.1, 0.15) is 27.5 Å². The second-order valence-corrected chi connectivity index (χ2v) is 5.91. The minimum Gasteiger partial charge on any atom is -0.422 e. The van der Waals surface area contributed by atoms with Crippen LogP contribution in [0.5, 0.6) is 0 Å². The highest BCUT2D eigenvalue weighted by Gasteiger charge is 2.32. The zero-order valence-electron chi connectivity index (χ0n) is 12.7. The summed E-state index contributed by atoms with van der Waals surface area (Å²) in [4.78, 5) is 24.6. The Balaban J connectivity index is 1.68. The number of rotatable bonds is 2. The lowest BCUT2D eigenvalue weighted by molar-refractivity contribution is 0.0855. The van der Waals surface area contributed by atoms with E-state index < -0.39 is 23.7 Å². The Morgan fingerprint density at radius 2 is 1.88 bits per heavy atom. The second-order valence-electron chi connectivity index (χ2n) is 5.91. The molecule has 0 bridgehead atoms. The summed E-state index contributed by atoms with van der Waals surface area (Å²) in [6.45, 7) is 0. The molecule has 5 nitrogen and oxygen atoms in total. The van der Waals surface area contributed by atoms with Crippen molar-refractivity contribution in [2.45, 2.75) is 18.6 Å². The zero-order valence-corrected chi connectivity index (χ0v) is 12.7. The third kappa shape index (κ3) is 2.39. The predicted octanol–water partition coefficient (Wildman–Crippen LogP) is 2.18. The van der Waals surface area contributed by atoms with Gasteiger partial charge in [-0.3, -0.25) is 4.79 Å². The lowest BCUT2D eigenvalue weighted by Gasteiger charge is -2.17. The molecule has 5 heteroatoms. The summed E-state index contributed by atoms with van der Waals surface area (Å²) in [6, 6.07) is 15.6. The quantitative estimate of drug-likeness (QED) is 0.709. The Kier molecular flexibility index (Phi) is 3.43. The Labute approximate surface area is 137 Å². The van der Waals surface area contributed by atoms with Crippen molar-refractivity contribution in [1.82, 2.24) is 5.32 Å². The predicted molar refractivity (Wildman–Crippen MR) is 88.8 cm³/mol. The number of hydrogen-bond donors (Lipinski definition) is 2. The van der Waals surface area contributed by atoms with Gasteiger partial charge in [0.1, 0.15) is 11.1 Å². The van der Waals surface area contributed by atoms with Crippen molar-refractivity contribution < 1.29 is 14.3 Å². The van der Waals surface area contributed by atoms with Gasteiger partial charge < -0.3 is 14.8 Å². The molecule has 1 aliphatic rings. The molecule has 2 N–H and O–H groups in total. The van der Waals surface area contributed by atoms with Crippen molar-refractivity contribution in [2.75, 3.05) is 0 Å². The second kappa shape index (κ2) is 5.62. The van der Waals surface area contributed by atoms with Crippen molar-refractivity contribution in [2.24, 2.45) is 0 Å². The molecule has 1 amide bonds. The lowest BCUT2D eigenvalue weighted by atomic mass is 10.1. The molecule has 0 radical (unpaired) electrons. The van der Waals surface area contributed by atoms with Gasteiger partial charge in [-0.1, -0.05) is 42.5 Å². The highest BCUT2D eigenvalue weighted by atomic mass is 16.4. The number of para-hydroxylation sites is 1. The summed E-state index contributed by atoms with van der Waals surface area (Å²) in [5.41, 5.74) is 1.56. The molecule has 4 rings (SSSR count). The smallest absolute Gasteiger partial charge is 0.349 e. The topological polar surface area (TPSA) is 79.5 Å². The van der Waals surface area contributed by atoms with Gasteiger partial charge in [-0.2, -0.15) is 0 Å². The Hall–Kier alpha value is -2.92. The maximum Gasteiger partial charge on any atom is 0.349 e. The SMILES string of the molecule is O=C(NC1c2ccccc2CC1O)c1cc2ccccc2oc1=O. The van der Waals surface area contributed by atoms with E-state index in [0.717, 1.165) is 11.1 Å². The number of nitrogens with one attached hydrogen (secondary N) is 1. The van der Waals surface area contributed by atoms with E-state index in [1.165, 1.54) is 6.07 Å². The van der Waals surface area contributed by atoms with Gasteiger partial charge in [0.2, 0.25) is 0 Å². The minimum atomic E-state index is -0.709. The van der Waals surface area contributed by atoms with Crippen LogP contribution in [0.4, 0.5) is 0 Å². The fourth-order valence-electron chi connectivity index (χ4n) is 3.19. The average molecular weight is 321 g/mol. The van der Waals surface area contributed by atoms with Crippen LogP contribution in [-0.4, -0.2) is 17.1 Å². The molecule has 2 unspecified atom stereocenters. The fraction of sp³-hybridized carbons (Fsp3) is 0.158. The highest BCUT2D eigenvalue weighted by Crippen LogP contribution is 2.31. The number of benzene rings is 2. The van der Waals surface area contributed by atoms with E-state index >= 15 is 0 Å². The van der Waals surface area contributed by atoms with Crippen molar-refractivity contribution in [1.29, 1.82) is 0 Å². The van der Waals surface area contributed by atoms with Crippen molar-refractivity contribution in [3.8, 4) is 0 Å². The number of carbonyl (C=O) groups is 1. The number of amides is 1. The standard InChI is InChI=1S/C19H15NO4/c21-15-10-11-5-1-3-7-13(11)17(15)20-18(22)14-9-12-6-2-4-8-16(12)24-19(14)23/h1-9,15,17,21H,10H2,(H,20,22). The van der Waals surface area contributed by atoms with Crippen LogP contribution in [0.15, 0.2) is 63.8 Å². The lowest BCUT2D eigenvalue weighted by Crippen LogP contribution is -2.36. The molecule has 0 saturated carbocycles. The average Bonchev–Trinajstić information content (AvgIpc) is 2.90. The summed E-state index contributed by atoms with van der Waals surface area (Å²) < 4.78 is 5.20. The van der Waals surface area contributed by atoms with E-state index in [-0.39, 0.29) is 5.56 Å². The van der Waals surface area contributed by atoms with Gasteiger partial charge in [-0.25, -0.2) is 4.79 Å². The van der Waals surface area contributed by atoms with Crippen molar-refractivity contribution >= 4 is 16.9 Å². The molecule has 1 heterocycles. The van der Waals surface area contributed by atoms with Gasteiger partial charge in [0.25, 0.3) is 5.91 Å². The zero-order chi connectivity index (χ0) is 16.7. The van der Waals surface area contributed by atoms with Gasteiger partial charge >= 0.3 is 5.63 Å². The van der Waals surface area contributed by atoms with Crippen LogP contribution < -0.4 is 10.9 Å². The molecule has 0 saturated heterocycles. The molecule has 0 aliphatic heterocycles. The maximum absolute atomic E-state index is 12.5. The maximum atomic E-state index is 12.5. The molecule has 0 spiro atoms. The van der Waals surface area contributed by atoms with Crippen molar-refractivity contribution in [3.05, 3.63) is 81.7 Å². The molecule has 2 aromatic carbocycles. The van der Waals surface area contributed by atoms with Crippen molar-refractivity contribution in [3.63, 3.8) is 0 Å². The van der Waals surface area contributed by atoms with Gasteiger partial charge in [0.05, 0.1) is 12.1 Å². The molecule has 1 aromatic heterocycles. The van der Waals surface area contributed by atoms with Gasteiger partial charge in [0.15, 0.2) is 0 Å².